The van der Waals surface area contributed by atoms with E-state index in [-0.39, 0.29) is 5.56 Å². The van der Waals surface area contributed by atoms with E-state index in [2.05, 4.69) is 0 Å². The number of benzene rings is 1. The maximum absolute atomic E-state index is 12.2. The highest BCUT2D eigenvalue weighted by Crippen LogP contribution is 2.29. The summed E-state index contributed by atoms with van der Waals surface area (Å²) in [6.07, 6.45) is -3.53. The molecular weight excluding hydrogens is 229 g/mol. The van der Waals surface area contributed by atoms with Gasteiger partial charge in [-0.3, -0.25) is 0 Å². The summed E-state index contributed by atoms with van der Waals surface area (Å²) in [5.41, 5.74) is -0.841. The summed E-state index contributed by atoms with van der Waals surface area (Å²) >= 11 is 0. The minimum Gasteiger partial charge on any atom is -0.228 e. The van der Waals surface area contributed by atoms with Crippen LogP contribution in [-0.2, 0) is 16.0 Å². The van der Waals surface area contributed by atoms with Crippen LogP contribution in [0.2, 0.25) is 0 Å². The van der Waals surface area contributed by atoms with Gasteiger partial charge in [-0.05, 0) is 11.6 Å². The number of halogens is 3. The predicted octanol–water partition coefficient (Wildman–Crippen LogP) is 2.26. The average molecular weight is 237 g/mol. The van der Waals surface area contributed by atoms with Crippen LogP contribution >= 0.6 is 0 Å². The number of sulfone groups is 1. The van der Waals surface area contributed by atoms with Crippen molar-refractivity contribution in [2.75, 3.05) is 6.26 Å². The van der Waals surface area contributed by atoms with Crippen molar-refractivity contribution < 1.29 is 21.6 Å². The van der Waals surface area contributed by atoms with E-state index in [4.69, 9.17) is 0 Å². The first-order chi connectivity index (χ1) is 6.68. The van der Waals surface area contributed by atoms with Crippen LogP contribution in [0.4, 0.5) is 13.2 Å². The van der Waals surface area contributed by atoms with Gasteiger partial charge in [-0.1, -0.05) is 18.2 Å². The molecular formula is C9H8F3O2S. The average Bonchev–Trinajstić information content (AvgIpc) is 1.99. The molecule has 1 aromatic rings. The first-order valence-corrected chi connectivity index (χ1v) is 5.86. The minimum atomic E-state index is -4.46. The molecule has 0 bridgehead atoms. The lowest BCUT2D eigenvalue weighted by molar-refractivity contribution is -0.137. The Morgan fingerprint density at radius 3 is 2.33 bits per heavy atom. The Labute approximate surface area is 85.6 Å². The van der Waals surface area contributed by atoms with E-state index in [1.54, 1.807) is 0 Å². The summed E-state index contributed by atoms with van der Waals surface area (Å²) in [6.45, 7) is 0. The van der Waals surface area contributed by atoms with Crippen molar-refractivity contribution >= 4 is 9.84 Å². The molecule has 1 rings (SSSR count). The normalized spacial score (nSPS) is 12.8. The summed E-state index contributed by atoms with van der Waals surface area (Å²) in [7, 11) is -3.43. The zero-order chi connectivity index (χ0) is 11.7. The third-order valence-electron chi connectivity index (χ3n) is 1.56. The first kappa shape index (κ1) is 12.0. The van der Waals surface area contributed by atoms with Gasteiger partial charge in [0.2, 0.25) is 0 Å². The molecule has 1 radical (unpaired) electrons. The Kier molecular flexibility index (Phi) is 3.08. The van der Waals surface area contributed by atoms with E-state index in [0.29, 0.717) is 0 Å². The molecule has 0 atom stereocenters. The topological polar surface area (TPSA) is 34.1 Å². The summed E-state index contributed by atoms with van der Waals surface area (Å²) in [6, 6.07) is 4.15. The smallest absolute Gasteiger partial charge is 0.228 e. The molecule has 0 aliphatic rings. The van der Waals surface area contributed by atoms with Crippen LogP contribution < -0.4 is 0 Å². The highest BCUT2D eigenvalue weighted by molar-refractivity contribution is 7.92. The predicted molar refractivity (Wildman–Crippen MR) is 49.7 cm³/mol. The maximum atomic E-state index is 12.2. The summed E-state index contributed by atoms with van der Waals surface area (Å²) < 4.78 is 58.4. The first-order valence-electron chi connectivity index (χ1n) is 3.90. The van der Waals surface area contributed by atoms with Gasteiger partial charge in [0.15, 0.2) is 9.84 Å². The molecule has 2 nitrogen and oxygen atoms in total. The van der Waals surface area contributed by atoms with Crippen LogP contribution in [0, 0.1) is 5.75 Å². The van der Waals surface area contributed by atoms with Crippen molar-refractivity contribution in [1.29, 1.82) is 0 Å². The summed E-state index contributed by atoms with van der Waals surface area (Å²) in [4.78, 5) is 0. The highest BCUT2D eigenvalue weighted by Gasteiger charge is 2.30. The fourth-order valence-corrected chi connectivity index (χ4v) is 1.68. The van der Waals surface area contributed by atoms with Gasteiger partial charge in [-0.15, -0.1) is 0 Å². The van der Waals surface area contributed by atoms with Crippen molar-refractivity contribution in [3.8, 4) is 0 Å². The molecule has 0 spiro atoms. The van der Waals surface area contributed by atoms with Gasteiger partial charge in [-0.2, -0.15) is 13.2 Å². The fraction of sp³-hybridized carbons (Fsp3) is 0.222. The van der Waals surface area contributed by atoms with E-state index in [1.807, 2.05) is 0 Å². The number of rotatable bonds is 2. The lowest BCUT2D eigenvalue weighted by atomic mass is 10.1. The van der Waals surface area contributed by atoms with Gasteiger partial charge in [0.1, 0.15) is 5.75 Å². The van der Waals surface area contributed by atoms with Crippen LogP contribution in [0.25, 0.3) is 0 Å². The highest BCUT2D eigenvalue weighted by atomic mass is 32.2. The van der Waals surface area contributed by atoms with E-state index < -0.39 is 21.6 Å². The number of alkyl halides is 3. The molecule has 6 heteroatoms. The summed E-state index contributed by atoms with van der Waals surface area (Å²) in [5.74, 6) is 0.794. The lowest BCUT2D eigenvalue weighted by Gasteiger charge is -2.07. The monoisotopic (exact) mass is 237 g/mol. The van der Waals surface area contributed by atoms with Crippen molar-refractivity contribution in [2.24, 2.45) is 0 Å². The Morgan fingerprint density at radius 2 is 1.87 bits per heavy atom. The van der Waals surface area contributed by atoms with Crippen molar-refractivity contribution in [2.45, 2.75) is 6.18 Å². The second-order valence-corrected chi connectivity index (χ2v) is 4.97. The van der Waals surface area contributed by atoms with Gasteiger partial charge in [-0.25, -0.2) is 8.42 Å². The molecule has 0 saturated heterocycles. The van der Waals surface area contributed by atoms with Crippen LogP contribution in [0.5, 0.6) is 0 Å². The second kappa shape index (κ2) is 3.84. The van der Waals surface area contributed by atoms with Gasteiger partial charge in [0.05, 0.1) is 5.56 Å². The summed E-state index contributed by atoms with van der Waals surface area (Å²) in [5, 5.41) is 0. The van der Waals surface area contributed by atoms with Crippen molar-refractivity contribution in [1.82, 2.24) is 0 Å². The molecule has 0 heterocycles. The number of hydrogen-bond donors (Lipinski definition) is 0. The Balaban J connectivity index is 3.04. The molecule has 0 aromatic heterocycles. The van der Waals surface area contributed by atoms with Crippen molar-refractivity contribution in [3.05, 3.63) is 41.1 Å². The van der Waals surface area contributed by atoms with Crippen LogP contribution in [0.1, 0.15) is 11.1 Å². The molecule has 0 fully saturated rings. The van der Waals surface area contributed by atoms with Gasteiger partial charge < -0.3 is 0 Å². The Morgan fingerprint density at radius 1 is 1.27 bits per heavy atom. The van der Waals surface area contributed by atoms with Gasteiger partial charge >= 0.3 is 6.18 Å². The molecule has 1 aromatic carbocycles. The molecule has 0 N–H and O–H groups in total. The van der Waals surface area contributed by atoms with Gasteiger partial charge in [0.25, 0.3) is 0 Å². The van der Waals surface area contributed by atoms with E-state index in [0.717, 1.165) is 24.1 Å². The molecule has 0 aliphatic heterocycles. The van der Waals surface area contributed by atoms with E-state index in [1.165, 1.54) is 12.1 Å². The van der Waals surface area contributed by atoms with Crippen molar-refractivity contribution in [3.63, 3.8) is 0 Å². The Hall–Kier alpha value is -1.04. The van der Waals surface area contributed by atoms with Crippen LogP contribution in [-0.4, -0.2) is 14.7 Å². The minimum absolute atomic E-state index is 0.0207. The molecule has 0 amide bonds. The lowest BCUT2D eigenvalue weighted by Crippen LogP contribution is -2.06. The maximum Gasteiger partial charge on any atom is 0.416 e. The standard InChI is InChI=1S/C9H8F3O2S/c1-15(13,14)6-7-3-2-4-8(5-7)9(10,11)12/h2-6H,1H3. The zero-order valence-electron chi connectivity index (χ0n) is 7.75. The third kappa shape index (κ3) is 3.91. The fourth-order valence-electron chi connectivity index (χ4n) is 1.04. The SMILES string of the molecule is CS(=O)(=O)[CH]c1cccc(C(F)(F)F)c1. The van der Waals surface area contributed by atoms with Crippen LogP contribution in [0.3, 0.4) is 0 Å². The Bertz CT molecular complexity index is 449. The molecule has 83 valence electrons. The van der Waals surface area contributed by atoms with Gasteiger partial charge in [0, 0.05) is 6.26 Å². The van der Waals surface area contributed by atoms with Crippen LogP contribution in [0.15, 0.2) is 24.3 Å². The molecule has 0 unspecified atom stereocenters. The quantitative estimate of drug-likeness (QED) is 0.790. The molecule has 0 aliphatic carbocycles. The van der Waals surface area contributed by atoms with E-state index in [9.17, 15) is 21.6 Å². The number of hydrogen-bond acceptors (Lipinski definition) is 2. The van der Waals surface area contributed by atoms with E-state index >= 15 is 0 Å². The zero-order valence-corrected chi connectivity index (χ0v) is 8.56. The third-order valence-corrected chi connectivity index (χ3v) is 2.26. The molecule has 15 heavy (non-hydrogen) atoms. The largest absolute Gasteiger partial charge is 0.416 e. The molecule has 0 saturated carbocycles. The second-order valence-electron chi connectivity index (χ2n) is 3.07.